The van der Waals surface area contributed by atoms with Crippen LogP contribution in [0.1, 0.15) is 39.8 Å². The van der Waals surface area contributed by atoms with Crippen LogP contribution in [-0.2, 0) is 0 Å². The summed E-state index contributed by atoms with van der Waals surface area (Å²) in [6.45, 7) is 8.94. The van der Waals surface area contributed by atoms with Crippen molar-refractivity contribution in [1.29, 1.82) is 0 Å². The quantitative estimate of drug-likeness (QED) is 0.172. The highest BCUT2D eigenvalue weighted by Crippen LogP contribution is 2.28. The van der Waals surface area contributed by atoms with Gasteiger partial charge in [0.05, 0.1) is 17.6 Å². The summed E-state index contributed by atoms with van der Waals surface area (Å²) in [4.78, 5) is 44.3. The fourth-order valence-electron chi connectivity index (χ4n) is 3.31. The molecule has 0 radical (unpaired) electrons. The number of carbonyl (C=O) groups is 1. The Kier molecular flexibility index (Phi) is 8.61. The van der Waals surface area contributed by atoms with E-state index in [-0.39, 0.29) is 34.1 Å². The number of carbonyl (C=O) groups excluding carboxylic acids is 1. The Labute approximate surface area is 240 Å². The number of pyridine rings is 1. The number of ether oxygens (including phenoxy) is 1. The van der Waals surface area contributed by atoms with Crippen LogP contribution in [0.4, 0.5) is 20.7 Å². The van der Waals surface area contributed by atoms with Crippen molar-refractivity contribution in [2.24, 2.45) is 5.41 Å². The molecule has 0 atom stereocenters. The van der Waals surface area contributed by atoms with Crippen molar-refractivity contribution in [1.82, 2.24) is 24.7 Å². The van der Waals surface area contributed by atoms with Crippen molar-refractivity contribution in [2.75, 3.05) is 10.6 Å². The minimum absolute atomic E-state index is 0. The SMILES string of the molecule is CCC(C)(C)C.O=C(Nc1ccc(Oc2ccnc3[nH]c(=O)c(=O)[nH]c23)cc1F)Nc1ccnn1-c1ccccc1.[HH].[HH].[HH].[HH]. The first-order valence-electron chi connectivity index (χ1n) is 12.8. The number of fused-ring (bicyclic) bond motifs is 1. The number of aromatic amines is 2. The maximum absolute atomic E-state index is 14.7. The highest BCUT2D eigenvalue weighted by atomic mass is 19.1. The topological polar surface area (TPSA) is 147 Å². The van der Waals surface area contributed by atoms with E-state index in [2.05, 4.69) is 58.4 Å². The molecule has 5 rings (SSSR count). The van der Waals surface area contributed by atoms with Crippen LogP contribution in [0.25, 0.3) is 16.9 Å². The number of hydrogen-bond donors (Lipinski definition) is 4. The molecule has 0 aliphatic carbocycles. The molecule has 220 valence electrons. The Morgan fingerprint density at radius 3 is 2.39 bits per heavy atom. The van der Waals surface area contributed by atoms with Gasteiger partial charge in [0, 0.05) is 30.1 Å². The summed E-state index contributed by atoms with van der Waals surface area (Å²) >= 11 is 0. The Bertz CT molecular complexity index is 1790. The number of anilines is 2. The zero-order valence-electron chi connectivity index (χ0n) is 23.0. The van der Waals surface area contributed by atoms with Crippen LogP contribution < -0.4 is 26.5 Å². The zero-order chi connectivity index (χ0) is 29.6. The van der Waals surface area contributed by atoms with E-state index in [9.17, 15) is 18.8 Å². The minimum Gasteiger partial charge on any atom is -0.455 e. The lowest BCUT2D eigenvalue weighted by Crippen LogP contribution is -2.29. The Hall–Kier alpha value is -5.26. The number of halogens is 1. The largest absolute Gasteiger partial charge is 0.455 e. The normalized spacial score (nSPS) is 11.0. The van der Waals surface area contributed by atoms with Gasteiger partial charge in [-0.1, -0.05) is 52.3 Å². The molecule has 0 saturated heterocycles. The van der Waals surface area contributed by atoms with Crippen LogP contribution in [0, 0.1) is 11.2 Å². The molecule has 11 nitrogen and oxygen atoms in total. The van der Waals surface area contributed by atoms with E-state index in [1.54, 1.807) is 6.07 Å². The molecule has 2 aromatic carbocycles. The monoisotopic (exact) mass is 567 g/mol. The lowest BCUT2D eigenvalue weighted by atomic mass is 9.94. The number of rotatable bonds is 5. The number of hydrogen-bond acceptors (Lipinski definition) is 6. The number of benzene rings is 2. The number of amides is 2. The Balaban J connectivity index is 0.00000177. The molecule has 3 aromatic heterocycles. The van der Waals surface area contributed by atoms with Crippen molar-refractivity contribution in [3.8, 4) is 17.2 Å². The molecule has 4 N–H and O–H groups in total. The minimum atomic E-state index is -0.874. The smallest absolute Gasteiger partial charge is 0.324 e. The zero-order valence-corrected chi connectivity index (χ0v) is 23.0. The van der Waals surface area contributed by atoms with Crippen LogP contribution in [0.15, 0.2) is 82.6 Å². The molecule has 0 aliphatic rings. The van der Waals surface area contributed by atoms with Gasteiger partial charge in [-0.2, -0.15) is 5.10 Å². The summed E-state index contributed by atoms with van der Waals surface area (Å²) in [6, 6.07) is 15.4. The second-order valence-corrected chi connectivity index (χ2v) is 10.1. The van der Waals surface area contributed by atoms with E-state index in [0.29, 0.717) is 11.2 Å². The van der Waals surface area contributed by atoms with Crippen molar-refractivity contribution < 1.29 is 19.6 Å². The lowest BCUT2D eigenvalue weighted by molar-refractivity contribution is 0.262. The van der Waals surface area contributed by atoms with Crippen molar-refractivity contribution in [2.45, 2.75) is 34.1 Å². The van der Waals surface area contributed by atoms with Gasteiger partial charge in [-0.3, -0.25) is 14.9 Å². The fourth-order valence-corrected chi connectivity index (χ4v) is 3.31. The van der Waals surface area contributed by atoms with Gasteiger partial charge >= 0.3 is 17.1 Å². The highest BCUT2D eigenvalue weighted by molar-refractivity contribution is 5.99. The number of nitrogens with zero attached hydrogens (tertiary/aromatic N) is 3. The third kappa shape index (κ3) is 7.44. The average Bonchev–Trinajstić information content (AvgIpc) is 3.40. The predicted molar refractivity (Wildman–Crippen MR) is 164 cm³/mol. The highest BCUT2D eigenvalue weighted by Gasteiger charge is 2.13. The first-order valence-corrected chi connectivity index (χ1v) is 12.8. The van der Waals surface area contributed by atoms with Gasteiger partial charge in [0.2, 0.25) is 0 Å². The van der Waals surface area contributed by atoms with Gasteiger partial charge in [0.1, 0.15) is 22.9 Å². The van der Waals surface area contributed by atoms with Gasteiger partial charge in [0.25, 0.3) is 0 Å². The van der Waals surface area contributed by atoms with Gasteiger partial charge in [-0.15, -0.1) is 0 Å². The second kappa shape index (κ2) is 12.3. The molecule has 3 heterocycles. The van der Waals surface area contributed by atoms with Crippen LogP contribution >= 0.6 is 0 Å². The summed E-state index contributed by atoms with van der Waals surface area (Å²) in [5.74, 6) is -0.120. The number of urea groups is 1. The van der Waals surface area contributed by atoms with Gasteiger partial charge in [0.15, 0.2) is 11.4 Å². The average molecular weight is 568 g/mol. The lowest BCUT2D eigenvalue weighted by Gasteiger charge is -2.12. The summed E-state index contributed by atoms with van der Waals surface area (Å²) in [7, 11) is 0. The first-order chi connectivity index (χ1) is 19.5. The predicted octanol–water partition coefficient (Wildman–Crippen LogP) is 6.80. The molecule has 0 saturated carbocycles. The fraction of sp³-hybridized carbons (Fsp3) is 0.207. The van der Waals surface area contributed by atoms with E-state index >= 15 is 0 Å². The molecule has 12 heteroatoms. The third-order valence-electron chi connectivity index (χ3n) is 5.95. The van der Waals surface area contributed by atoms with E-state index in [1.165, 1.54) is 41.7 Å². The maximum Gasteiger partial charge on any atom is 0.324 e. The number of para-hydroxylation sites is 1. The molecule has 5 aromatic rings. The molecule has 0 fully saturated rings. The van der Waals surface area contributed by atoms with E-state index < -0.39 is 23.0 Å². The van der Waals surface area contributed by atoms with E-state index in [0.717, 1.165) is 11.8 Å². The van der Waals surface area contributed by atoms with E-state index in [1.807, 2.05) is 30.3 Å². The molecular formula is C29H38FN7O4. The number of nitrogens with one attached hydrogen (secondary N) is 4. The third-order valence-corrected chi connectivity index (χ3v) is 5.95. The molecule has 0 unspecified atom stereocenters. The van der Waals surface area contributed by atoms with Crippen LogP contribution in [0.3, 0.4) is 0 Å². The Morgan fingerprint density at radius 1 is 1.00 bits per heavy atom. The van der Waals surface area contributed by atoms with Crippen molar-refractivity contribution in [3.63, 3.8) is 0 Å². The van der Waals surface area contributed by atoms with Gasteiger partial charge in [-0.05, 0) is 29.7 Å². The number of H-pyrrole nitrogens is 2. The van der Waals surface area contributed by atoms with Gasteiger partial charge in [-0.25, -0.2) is 18.9 Å². The molecule has 0 spiro atoms. The first kappa shape index (κ1) is 28.7. The molecule has 2 amide bonds. The Morgan fingerprint density at radius 2 is 1.71 bits per heavy atom. The van der Waals surface area contributed by atoms with Crippen LogP contribution in [0.5, 0.6) is 11.5 Å². The number of aromatic nitrogens is 5. The second-order valence-electron chi connectivity index (χ2n) is 10.1. The van der Waals surface area contributed by atoms with Crippen molar-refractivity contribution >= 4 is 28.7 Å². The van der Waals surface area contributed by atoms with E-state index in [4.69, 9.17) is 4.74 Å². The summed E-state index contributed by atoms with van der Waals surface area (Å²) in [5.41, 5.74) is -0.270. The summed E-state index contributed by atoms with van der Waals surface area (Å²) < 4.78 is 21.9. The summed E-state index contributed by atoms with van der Waals surface area (Å²) in [6.07, 6.45) is 4.16. The standard InChI is InChI=1S/C23H16FN7O4.C6H14.4H2/c24-15-12-14(35-17-8-10-25-20-19(17)29-21(32)22(33)30-20)6-7-16(15)27-23(34)28-18-9-11-26-31(18)13-4-2-1-3-5-13;1-5-6(2,3)4;;;;/h1-12H,(H,29,32)(H,25,30,33)(H2,27,28,34);5H2,1-4H3;4*1H. The molecule has 41 heavy (non-hydrogen) atoms. The molecular weight excluding hydrogens is 529 g/mol. The molecule has 0 bridgehead atoms. The van der Waals surface area contributed by atoms with Gasteiger partial charge < -0.3 is 20.0 Å². The van der Waals surface area contributed by atoms with Crippen LogP contribution in [0.2, 0.25) is 0 Å². The summed E-state index contributed by atoms with van der Waals surface area (Å²) in [5, 5.41) is 9.26. The maximum atomic E-state index is 14.7. The van der Waals surface area contributed by atoms with Crippen LogP contribution in [-0.4, -0.2) is 30.8 Å². The molecule has 0 aliphatic heterocycles. The van der Waals surface area contributed by atoms with Crippen molar-refractivity contribution in [3.05, 3.63) is 99.6 Å².